The second-order valence-corrected chi connectivity index (χ2v) is 8.73. The molecule has 7 heteroatoms. The van der Waals surface area contributed by atoms with Crippen LogP contribution in [0, 0.1) is 17.6 Å². The third kappa shape index (κ3) is 6.50. The minimum atomic E-state index is -0.814. The Balaban J connectivity index is 1.70. The predicted octanol–water partition coefficient (Wildman–Crippen LogP) is 3.89. The van der Waals surface area contributed by atoms with Crippen molar-refractivity contribution in [3.8, 4) is 5.75 Å². The third-order valence-electron chi connectivity index (χ3n) is 5.93. The Hall–Kier alpha value is -2.51. The van der Waals surface area contributed by atoms with E-state index in [0.717, 1.165) is 55.9 Å². The van der Waals surface area contributed by atoms with Crippen LogP contribution < -0.4 is 4.74 Å². The summed E-state index contributed by atoms with van der Waals surface area (Å²) in [6, 6.07) is 11.2. The van der Waals surface area contributed by atoms with Gasteiger partial charge < -0.3 is 14.5 Å². The molecule has 0 aliphatic carbocycles. The van der Waals surface area contributed by atoms with Gasteiger partial charge in [-0.15, -0.1) is 0 Å². The molecule has 5 nitrogen and oxygen atoms in total. The second kappa shape index (κ2) is 11.4. The van der Waals surface area contributed by atoms with E-state index in [1.165, 1.54) is 6.07 Å². The molecule has 1 aliphatic heterocycles. The van der Waals surface area contributed by atoms with Crippen LogP contribution in [0.2, 0.25) is 0 Å². The highest BCUT2D eigenvalue weighted by atomic mass is 19.1. The van der Waals surface area contributed by atoms with Crippen LogP contribution in [0.4, 0.5) is 8.78 Å². The molecule has 0 aromatic heterocycles. The van der Waals surface area contributed by atoms with Crippen LogP contribution in [0.15, 0.2) is 42.5 Å². The van der Waals surface area contributed by atoms with Crippen molar-refractivity contribution in [3.63, 3.8) is 0 Å². The maximum atomic E-state index is 14.3. The SMILES string of the molecule is COc1ccccc1CN1CCC[C@@H](CN(CCN(C)C)C(=O)c2ccc(F)cc2F)C1. The molecule has 174 valence electrons. The number of benzene rings is 2. The van der Waals surface area contributed by atoms with E-state index in [4.69, 9.17) is 4.74 Å². The number of ether oxygens (including phenoxy) is 1. The standard InChI is InChI=1S/C25H33F2N3O2/c1-28(2)13-14-30(25(31)22-11-10-21(26)15-23(22)27)17-19-7-6-12-29(16-19)18-20-8-4-5-9-24(20)32-3/h4-5,8-11,15,19H,6-7,12-14,16-18H2,1-3H3/t19-/m1/s1. The maximum absolute atomic E-state index is 14.3. The fourth-order valence-corrected chi connectivity index (χ4v) is 4.26. The van der Waals surface area contributed by atoms with Gasteiger partial charge in [0.1, 0.15) is 17.4 Å². The summed E-state index contributed by atoms with van der Waals surface area (Å²) < 4.78 is 33.1. The van der Waals surface area contributed by atoms with Crippen LogP contribution >= 0.6 is 0 Å². The lowest BCUT2D eigenvalue weighted by Crippen LogP contribution is -2.44. The molecule has 1 atom stereocenters. The number of carbonyl (C=O) groups excluding carboxylic acids is 1. The van der Waals surface area contributed by atoms with Crippen LogP contribution in [0.1, 0.15) is 28.8 Å². The van der Waals surface area contributed by atoms with Gasteiger partial charge >= 0.3 is 0 Å². The number of nitrogens with zero attached hydrogens (tertiary/aromatic N) is 3. The van der Waals surface area contributed by atoms with Gasteiger partial charge in [0.25, 0.3) is 5.91 Å². The molecular weight excluding hydrogens is 412 g/mol. The molecule has 1 aliphatic rings. The van der Waals surface area contributed by atoms with Crippen molar-refractivity contribution in [2.75, 3.05) is 53.9 Å². The van der Waals surface area contributed by atoms with Crippen molar-refractivity contribution in [2.45, 2.75) is 19.4 Å². The Morgan fingerprint density at radius 1 is 1.16 bits per heavy atom. The minimum absolute atomic E-state index is 0.0770. The highest BCUT2D eigenvalue weighted by Gasteiger charge is 2.26. The lowest BCUT2D eigenvalue weighted by atomic mass is 9.96. The fraction of sp³-hybridized carbons (Fsp3) is 0.480. The van der Waals surface area contributed by atoms with Crippen molar-refractivity contribution < 1.29 is 18.3 Å². The number of hydrogen-bond acceptors (Lipinski definition) is 4. The average Bonchev–Trinajstić information content (AvgIpc) is 2.77. The van der Waals surface area contributed by atoms with E-state index in [2.05, 4.69) is 11.0 Å². The molecule has 1 fully saturated rings. The summed E-state index contributed by atoms with van der Waals surface area (Å²) in [6.45, 7) is 4.35. The molecule has 1 saturated heterocycles. The number of likely N-dealkylation sites (tertiary alicyclic amines) is 1. The summed E-state index contributed by atoms with van der Waals surface area (Å²) >= 11 is 0. The largest absolute Gasteiger partial charge is 0.496 e. The molecule has 2 aromatic rings. The highest BCUT2D eigenvalue weighted by Crippen LogP contribution is 2.24. The van der Waals surface area contributed by atoms with E-state index in [1.54, 1.807) is 12.0 Å². The predicted molar refractivity (Wildman–Crippen MR) is 122 cm³/mol. The summed E-state index contributed by atoms with van der Waals surface area (Å²) in [5, 5.41) is 0. The van der Waals surface area contributed by atoms with E-state index in [-0.39, 0.29) is 17.4 Å². The lowest BCUT2D eigenvalue weighted by Gasteiger charge is -2.36. The lowest BCUT2D eigenvalue weighted by molar-refractivity contribution is 0.0655. The smallest absolute Gasteiger partial charge is 0.256 e. The van der Waals surface area contributed by atoms with Gasteiger partial charge in [0.15, 0.2) is 0 Å². The first-order chi connectivity index (χ1) is 15.4. The number of para-hydroxylation sites is 1. The van der Waals surface area contributed by atoms with Crippen LogP contribution in [0.3, 0.4) is 0 Å². The number of likely N-dealkylation sites (N-methyl/N-ethyl adjacent to an activating group) is 1. The van der Waals surface area contributed by atoms with E-state index >= 15 is 0 Å². The number of carbonyl (C=O) groups is 1. The second-order valence-electron chi connectivity index (χ2n) is 8.73. The third-order valence-corrected chi connectivity index (χ3v) is 5.93. The van der Waals surface area contributed by atoms with E-state index in [9.17, 15) is 13.6 Å². The first kappa shape index (κ1) is 24.1. The fourth-order valence-electron chi connectivity index (χ4n) is 4.26. The Bertz CT molecular complexity index is 907. The molecular formula is C25H33F2N3O2. The Labute approximate surface area is 189 Å². The Morgan fingerprint density at radius 3 is 2.66 bits per heavy atom. The van der Waals surface area contributed by atoms with Gasteiger partial charge in [0.05, 0.1) is 12.7 Å². The number of halogens is 2. The minimum Gasteiger partial charge on any atom is -0.496 e. The number of hydrogen-bond donors (Lipinski definition) is 0. The monoisotopic (exact) mass is 445 g/mol. The van der Waals surface area contributed by atoms with Crippen molar-refractivity contribution in [3.05, 3.63) is 65.2 Å². The number of methoxy groups -OCH3 is 1. The van der Waals surface area contributed by atoms with Gasteiger partial charge in [-0.3, -0.25) is 9.69 Å². The van der Waals surface area contributed by atoms with E-state index in [0.29, 0.717) is 19.6 Å². The van der Waals surface area contributed by atoms with Gasteiger partial charge in [-0.1, -0.05) is 18.2 Å². The zero-order valence-corrected chi connectivity index (χ0v) is 19.2. The van der Waals surface area contributed by atoms with Gasteiger partial charge in [-0.25, -0.2) is 8.78 Å². The van der Waals surface area contributed by atoms with Gasteiger partial charge in [-0.2, -0.15) is 0 Å². The molecule has 0 radical (unpaired) electrons. The first-order valence-corrected chi connectivity index (χ1v) is 11.1. The first-order valence-electron chi connectivity index (χ1n) is 11.1. The summed E-state index contributed by atoms with van der Waals surface area (Å²) in [4.78, 5) is 19.2. The van der Waals surface area contributed by atoms with E-state index < -0.39 is 11.6 Å². The number of amides is 1. The van der Waals surface area contributed by atoms with Gasteiger partial charge in [-0.05, 0) is 57.6 Å². The molecule has 32 heavy (non-hydrogen) atoms. The van der Waals surface area contributed by atoms with Crippen LogP contribution in [-0.2, 0) is 6.54 Å². The van der Waals surface area contributed by atoms with Crippen molar-refractivity contribution in [2.24, 2.45) is 5.92 Å². The summed E-state index contributed by atoms with van der Waals surface area (Å²) in [6.07, 6.45) is 2.06. The van der Waals surface area contributed by atoms with Crippen LogP contribution in [0.5, 0.6) is 5.75 Å². The Kier molecular flexibility index (Phi) is 8.59. The molecule has 0 bridgehead atoms. The topological polar surface area (TPSA) is 36.0 Å². The highest BCUT2D eigenvalue weighted by molar-refractivity contribution is 5.94. The molecule has 0 saturated carbocycles. The summed E-state index contributed by atoms with van der Waals surface area (Å²) in [5.74, 6) is -0.715. The zero-order valence-electron chi connectivity index (χ0n) is 19.2. The normalized spacial score (nSPS) is 16.9. The zero-order chi connectivity index (χ0) is 23.1. The molecule has 1 heterocycles. The van der Waals surface area contributed by atoms with Crippen molar-refractivity contribution in [1.82, 2.24) is 14.7 Å². The molecule has 3 rings (SSSR count). The Morgan fingerprint density at radius 2 is 1.94 bits per heavy atom. The van der Waals surface area contributed by atoms with Crippen molar-refractivity contribution >= 4 is 5.91 Å². The van der Waals surface area contributed by atoms with Crippen LogP contribution in [0.25, 0.3) is 0 Å². The summed E-state index contributed by atoms with van der Waals surface area (Å²) in [5.41, 5.74) is 1.07. The number of piperidine rings is 1. The van der Waals surface area contributed by atoms with Gasteiger partial charge in [0.2, 0.25) is 0 Å². The quantitative estimate of drug-likeness (QED) is 0.587. The maximum Gasteiger partial charge on any atom is 0.256 e. The van der Waals surface area contributed by atoms with Crippen molar-refractivity contribution in [1.29, 1.82) is 0 Å². The van der Waals surface area contributed by atoms with Gasteiger partial charge in [0, 0.05) is 44.4 Å². The number of rotatable bonds is 9. The average molecular weight is 446 g/mol. The molecule has 0 unspecified atom stereocenters. The molecule has 1 amide bonds. The molecule has 0 spiro atoms. The van der Waals surface area contributed by atoms with E-state index in [1.807, 2.05) is 37.2 Å². The summed E-state index contributed by atoms with van der Waals surface area (Å²) in [7, 11) is 5.56. The van der Waals surface area contributed by atoms with Crippen LogP contribution in [-0.4, -0.2) is 74.5 Å². The molecule has 0 N–H and O–H groups in total. The molecule has 2 aromatic carbocycles.